The first-order valence-corrected chi connectivity index (χ1v) is 12.3. The Kier molecular flexibility index (Phi) is 8.21. The molecule has 0 radical (unpaired) electrons. The molecule has 1 fully saturated rings. The maximum Gasteiger partial charge on any atom is 0.310 e. The Labute approximate surface area is 184 Å². The number of Topliss-reactive ketones (excluding diaryl/α,β-unsaturated/α-hetero) is 1. The van der Waals surface area contributed by atoms with E-state index in [9.17, 15) is 9.59 Å². The van der Waals surface area contributed by atoms with Crippen LogP contribution in [0.2, 0.25) is 4.34 Å². The van der Waals surface area contributed by atoms with Crippen LogP contribution in [0.3, 0.4) is 0 Å². The van der Waals surface area contributed by atoms with Gasteiger partial charge in [0.25, 0.3) is 0 Å². The molecule has 2 atom stereocenters. The summed E-state index contributed by atoms with van der Waals surface area (Å²) >= 11 is 9.30. The molecular formula is C21H26ClNO4S2. The highest BCUT2D eigenvalue weighted by molar-refractivity contribution is 7.99. The van der Waals surface area contributed by atoms with Gasteiger partial charge in [-0.25, -0.2) is 0 Å². The summed E-state index contributed by atoms with van der Waals surface area (Å²) in [6.07, 6.45) is 3.66. The van der Waals surface area contributed by atoms with Crippen molar-refractivity contribution in [3.05, 3.63) is 32.7 Å². The Hall–Kier alpha value is -1.31. The number of thiophene rings is 1. The quantitative estimate of drug-likeness (QED) is 0.303. The highest BCUT2D eigenvalue weighted by Crippen LogP contribution is 2.39. The van der Waals surface area contributed by atoms with Crippen LogP contribution in [0, 0.1) is 11.8 Å². The lowest BCUT2D eigenvalue weighted by Crippen LogP contribution is -2.31. The van der Waals surface area contributed by atoms with E-state index < -0.39 is 0 Å². The summed E-state index contributed by atoms with van der Waals surface area (Å²) in [5.74, 6) is 3.09. The molecule has 8 heteroatoms. The fraction of sp³-hybridized carbons (Fsp3) is 0.571. The van der Waals surface area contributed by atoms with Crippen molar-refractivity contribution in [3.8, 4) is 0 Å². The number of hydrogen-bond acceptors (Lipinski definition) is 7. The zero-order chi connectivity index (χ0) is 20.8. The Morgan fingerprint density at radius 1 is 1.31 bits per heavy atom. The van der Waals surface area contributed by atoms with Crippen LogP contribution in [-0.2, 0) is 25.8 Å². The average Bonchev–Trinajstić information content (AvgIpc) is 3.13. The number of esters is 1. The van der Waals surface area contributed by atoms with Crippen LogP contribution in [-0.4, -0.2) is 29.0 Å². The number of carbonyl (C=O) groups is 2. The lowest BCUT2D eigenvalue weighted by Gasteiger charge is -2.33. The molecule has 29 heavy (non-hydrogen) atoms. The summed E-state index contributed by atoms with van der Waals surface area (Å²) < 4.78 is 6.28. The molecule has 2 heterocycles. The predicted molar refractivity (Wildman–Crippen MR) is 118 cm³/mol. The predicted octanol–water partition coefficient (Wildman–Crippen LogP) is 5.62. The number of ketones is 1. The number of hydrogen-bond donors (Lipinski definition) is 0. The highest BCUT2D eigenvalue weighted by Gasteiger charge is 2.36. The summed E-state index contributed by atoms with van der Waals surface area (Å²) in [7, 11) is 0. The molecule has 1 aliphatic heterocycles. The van der Waals surface area contributed by atoms with Crippen molar-refractivity contribution >= 4 is 52.2 Å². The summed E-state index contributed by atoms with van der Waals surface area (Å²) in [6, 6.07) is 3.69. The molecule has 0 spiro atoms. The topological polar surface area (TPSA) is 65.0 Å². The molecule has 0 saturated carbocycles. The Morgan fingerprint density at radius 3 is 2.79 bits per heavy atom. The highest BCUT2D eigenvalue weighted by atomic mass is 35.5. The normalized spacial score (nSPS) is 23.3. The fourth-order valence-electron chi connectivity index (χ4n) is 3.75. The zero-order valence-electron chi connectivity index (χ0n) is 16.7. The van der Waals surface area contributed by atoms with Gasteiger partial charge >= 0.3 is 5.97 Å². The summed E-state index contributed by atoms with van der Waals surface area (Å²) in [5, 5.41) is 4.13. The average molecular weight is 456 g/mol. The molecule has 2 aliphatic rings. The number of carbonyl (C=O) groups excluding carboxylic acids is 2. The first kappa shape index (κ1) is 22.4. The van der Waals surface area contributed by atoms with Gasteiger partial charge in [-0.3, -0.25) is 9.59 Å². The number of halogens is 1. The molecule has 0 aromatic carbocycles. The smallest absolute Gasteiger partial charge is 0.310 e. The molecule has 0 bridgehead atoms. The molecular weight excluding hydrogens is 430 g/mol. The number of oxime groups is 1. The van der Waals surface area contributed by atoms with Gasteiger partial charge in [-0.15, -0.1) is 11.3 Å². The van der Waals surface area contributed by atoms with Gasteiger partial charge < -0.3 is 9.57 Å². The molecule has 158 valence electrons. The van der Waals surface area contributed by atoms with Gasteiger partial charge in [0.15, 0.2) is 12.4 Å². The minimum Gasteiger partial charge on any atom is -0.430 e. The third kappa shape index (κ3) is 6.09. The van der Waals surface area contributed by atoms with Gasteiger partial charge in [0.2, 0.25) is 0 Å². The third-order valence-corrected chi connectivity index (χ3v) is 7.69. The number of allylic oxidation sites excluding steroid dienone is 2. The molecule has 1 aliphatic carbocycles. The van der Waals surface area contributed by atoms with Crippen molar-refractivity contribution in [3.63, 3.8) is 0 Å². The SMILES string of the molecule is CCC(=O)OC1=C(C(C)=NOCc2ccc(Cl)s2)C(=O)CC(C2CCCSC2)C1. The van der Waals surface area contributed by atoms with Crippen molar-refractivity contribution in [2.45, 2.75) is 52.6 Å². The largest absolute Gasteiger partial charge is 0.430 e. The maximum atomic E-state index is 13.0. The van der Waals surface area contributed by atoms with E-state index in [1.807, 2.05) is 17.8 Å². The lowest BCUT2D eigenvalue weighted by molar-refractivity contribution is -0.139. The van der Waals surface area contributed by atoms with Gasteiger partial charge in [-0.2, -0.15) is 11.8 Å². The summed E-state index contributed by atoms with van der Waals surface area (Å²) in [5.41, 5.74) is 0.851. The minimum absolute atomic E-state index is 0.0141. The van der Waals surface area contributed by atoms with Crippen molar-refractivity contribution < 1.29 is 19.2 Å². The van der Waals surface area contributed by atoms with Crippen LogP contribution in [0.5, 0.6) is 0 Å². The number of thioether (sulfide) groups is 1. The van der Waals surface area contributed by atoms with E-state index >= 15 is 0 Å². The standard InChI is InChI=1S/C21H26ClNO4S2/c1-3-20(25)27-18-10-15(14-5-4-8-28-12-14)9-17(24)21(18)13(2)23-26-11-16-6-7-19(22)29-16/h6-7,14-15H,3-5,8-12H2,1-2H3. The van der Waals surface area contributed by atoms with E-state index in [4.69, 9.17) is 21.2 Å². The molecule has 0 N–H and O–H groups in total. The second-order valence-electron chi connectivity index (χ2n) is 7.35. The second-order valence-corrected chi connectivity index (χ2v) is 10.3. The summed E-state index contributed by atoms with van der Waals surface area (Å²) in [4.78, 5) is 31.4. The number of rotatable bonds is 7. The lowest BCUT2D eigenvalue weighted by atomic mass is 9.77. The Bertz CT molecular complexity index is 811. The van der Waals surface area contributed by atoms with Crippen LogP contribution in [0.1, 0.15) is 50.8 Å². The van der Waals surface area contributed by atoms with Gasteiger partial charge in [-0.1, -0.05) is 23.7 Å². The molecule has 2 unspecified atom stereocenters. The molecule has 3 rings (SSSR count). The molecule has 1 aromatic rings. The van der Waals surface area contributed by atoms with Gasteiger partial charge in [-0.05, 0) is 55.2 Å². The number of ether oxygens (including phenoxy) is 1. The minimum atomic E-state index is -0.328. The molecule has 1 aromatic heterocycles. The van der Waals surface area contributed by atoms with Gasteiger partial charge in [0, 0.05) is 24.1 Å². The first-order valence-electron chi connectivity index (χ1n) is 9.93. The number of nitrogens with zero attached hydrogens (tertiary/aromatic N) is 1. The van der Waals surface area contributed by atoms with Crippen LogP contribution in [0.4, 0.5) is 0 Å². The monoisotopic (exact) mass is 455 g/mol. The van der Waals surface area contributed by atoms with Crippen molar-refractivity contribution in [2.24, 2.45) is 17.0 Å². The zero-order valence-corrected chi connectivity index (χ0v) is 19.1. The van der Waals surface area contributed by atoms with Crippen molar-refractivity contribution in [2.75, 3.05) is 11.5 Å². The molecule has 0 amide bonds. The van der Waals surface area contributed by atoms with Crippen LogP contribution < -0.4 is 0 Å². The maximum absolute atomic E-state index is 13.0. The third-order valence-electron chi connectivity index (χ3n) is 5.24. The van der Waals surface area contributed by atoms with E-state index in [0.717, 1.165) is 17.1 Å². The van der Waals surface area contributed by atoms with Crippen LogP contribution in [0.15, 0.2) is 28.6 Å². The fourth-order valence-corrected chi connectivity index (χ4v) is 6.03. The van der Waals surface area contributed by atoms with E-state index in [1.54, 1.807) is 19.9 Å². The van der Waals surface area contributed by atoms with Crippen LogP contribution in [0.25, 0.3) is 0 Å². The van der Waals surface area contributed by atoms with Gasteiger partial charge in [0.05, 0.1) is 15.6 Å². The second kappa shape index (κ2) is 10.6. The van der Waals surface area contributed by atoms with E-state index in [1.165, 1.54) is 23.5 Å². The van der Waals surface area contributed by atoms with Crippen LogP contribution >= 0.6 is 34.7 Å². The summed E-state index contributed by atoms with van der Waals surface area (Å²) in [6.45, 7) is 3.76. The molecule has 1 saturated heterocycles. The molecule has 5 nitrogen and oxygen atoms in total. The Morgan fingerprint density at radius 2 is 2.14 bits per heavy atom. The Balaban J connectivity index is 1.77. The van der Waals surface area contributed by atoms with E-state index in [-0.39, 0.29) is 30.7 Å². The van der Waals surface area contributed by atoms with E-state index in [2.05, 4.69) is 5.16 Å². The first-order chi connectivity index (χ1) is 14.0. The van der Waals surface area contributed by atoms with E-state index in [0.29, 0.717) is 40.1 Å². The van der Waals surface area contributed by atoms with Crippen molar-refractivity contribution in [1.82, 2.24) is 0 Å². The van der Waals surface area contributed by atoms with Gasteiger partial charge in [0.1, 0.15) is 5.76 Å². The van der Waals surface area contributed by atoms with Crippen molar-refractivity contribution in [1.29, 1.82) is 0 Å².